The predicted octanol–water partition coefficient (Wildman–Crippen LogP) is 1.48. The lowest BCUT2D eigenvalue weighted by Gasteiger charge is -2.10. The number of primary amides is 1. The molecule has 0 unspecified atom stereocenters. The first-order chi connectivity index (χ1) is 10.5. The number of carbonyl (C=O) groups is 1. The molecule has 9 heteroatoms. The van der Waals surface area contributed by atoms with Crippen LogP contribution in [0.3, 0.4) is 0 Å². The molecule has 1 amide bonds. The summed E-state index contributed by atoms with van der Waals surface area (Å²) in [5, 5.41) is 10.7. The van der Waals surface area contributed by atoms with Crippen molar-refractivity contribution in [2.45, 2.75) is 12.8 Å². The molecule has 0 atom stereocenters. The van der Waals surface area contributed by atoms with Crippen molar-refractivity contribution in [1.82, 2.24) is 0 Å². The Kier molecular flexibility index (Phi) is 7.58. The van der Waals surface area contributed by atoms with E-state index in [1.165, 1.54) is 6.07 Å². The number of nitrogens with zero attached hydrogens (tertiary/aromatic N) is 1. The van der Waals surface area contributed by atoms with Crippen molar-refractivity contribution < 1.29 is 19.2 Å². The molecule has 122 valence electrons. The largest absolute Gasteiger partial charge is 0.492 e. The number of nitro groups is 1. The number of rotatable bonds is 10. The van der Waals surface area contributed by atoms with Gasteiger partial charge in [-0.2, -0.15) is 0 Å². The highest BCUT2D eigenvalue weighted by Gasteiger charge is 2.21. The zero-order chi connectivity index (χ0) is 16.5. The minimum Gasteiger partial charge on any atom is -0.492 e. The second kappa shape index (κ2) is 9.19. The summed E-state index contributed by atoms with van der Waals surface area (Å²) in [6.07, 6.45) is 1.34. The summed E-state index contributed by atoms with van der Waals surface area (Å²) in [5.74, 6) is -0.749. The normalized spacial score (nSPS) is 10.5. The molecule has 8 nitrogen and oxygen atoms in total. The van der Waals surface area contributed by atoms with Crippen LogP contribution in [0.2, 0.25) is 5.02 Å². The van der Waals surface area contributed by atoms with E-state index in [0.717, 1.165) is 12.5 Å². The van der Waals surface area contributed by atoms with E-state index in [0.29, 0.717) is 26.2 Å². The molecule has 22 heavy (non-hydrogen) atoms. The third-order valence-electron chi connectivity index (χ3n) is 2.68. The fraction of sp³-hybridized carbons (Fsp3) is 0.462. The van der Waals surface area contributed by atoms with Gasteiger partial charge in [0.1, 0.15) is 5.75 Å². The number of hydrogen-bond donors (Lipinski definition) is 2. The maximum absolute atomic E-state index is 11.2. The smallest absolute Gasteiger partial charge is 0.292 e. The molecule has 0 aliphatic heterocycles. The lowest BCUT2D eigenvalue weighted by atomic mass is 10.2. The first-order valence-electron chi connectivity index (χ1n) is 6.65. The lowest BCUT2D eigenvalue weighted by Crippen LogP contribution is -2.12. The standard InChI is InChI=1S/C13H18ClN3O5/c14-12-10(17(19)20)7-9(13(16)18)8-11(12)22-6-2-5-21-4-1-3-15/h7-8H,1-6,15H2,(H2,16,18). The van der Waals surface area contributed by atoms with Gasteiger partial charge >= 0.3 is 0 Å². The Hall–Kier alpha value is -1.90. The summed E-state index contributed by atoms with van der Waals surface area (Å²) >= 11 is 5.90. The average molecular weight is 332 g/mol. The maximum Gasteiger partial charge on any atom is 0.292 e. The molecule has 0 aliphatic carbocycles. The number of nitro benzene ring substituents is 1. The second-order valence-corrected chi connectivity index (χ2v) is 4.76. The second-order valence-electron chi connectivity index (χ2n) is 4.39. The topological polar surface area (TPSA) is 131 Å². The van der Waals surface area contributed by atoms with Crippen molar-refractivity contribution in [2.75, 3.05) is 26.4 Å². The Morgan fingerprint density at radius 3 is 2.55 bits per heavy atom. The van der Waals surface area contributed by atoms with Crippen molar-refractivity contribution in [2.24, 2.45) is 11.5 Å². The quantitative estimate of drug-likeness (QED) is 0.379. The van der Waals surface area contributed by atoms with E-state index >= 15 is 0 Å². The summed E-state index contributed by atoms with van der Waals surface area (Å²) in [5.41, 5.74) is 10.0. The van der Waals surface area contributed by atoms with Gasteiger partial charge in [-0.1, -0.05) is 11.6 Å². The number of nitrogens with two attached hydrogens (primary N) is 2. The van der Waals surface area contributed by atoms with Crippen molar-refractivity contribution in [1.29, 1.82) is 0 Å². The Bertz CT molecular complexity index is 539. The van der Waals surface area contributed by atoms with Crippen molar-refractivity contribution in [3.05, 3.63) is 32.8 Å². The van der Waals surface area contributed by atoms with Gasteiger partial charge in [0.15, 0.2) is 5.02 Å². The number of hydrogen-bond acceptors (Lipinski definition) is 6. The molecular weight excluding hydrogens is 314 g/mol. The van der Waals surface area contributed by atoms with Crippen LogP contribution in [0.5, 0.6) is 5.75 Å². The van der Waals surface area contributed by atoms with Gasteiger partial charge in [0.25, 0.3) is 5.69 Å². The highest BCUT2D eigenvalue weighted by molar-refractivity contribution is 6.34. The van der Waals surface area contributed by atoms with E-state index in [4.69, 9.17) is 32.5 Å². The molecule has 0 heterocycles. The van der Waals surface area contributed by atoms with Gasteiger partial charge in [0, 0.05) is 31.3 Å². The number of amides is 1. The molecule has 0 aliphatic rings. The summed E-state index contributed by atoms with van der Waals surface area (Å²) < 4.78 is 10.7. The molecule has 0 spiro atoms. The van der Waals surface area contributed by atoms with Gasteiger partial charge in [-0.05, 0) is 19.0 Å². The SMILES string of the molecule is NCCCOCCCOc1cc(C(N)=O)cc([N+](=O)[O-])c1Cl. The monoisotopic (exact) mass is 331 g/mol. The minimum atomic E-state index is -0.797. The van der Waals surface area contributed by atoms with E-state index in [1.54, 1.807) is 0 Å². The van der Waals surface area contributed by atoms with Crippen molar-refractivity contribution in [3.63, 3.8) is 0 Å². The molecular formula is C13H18ClN3O5. The Morgan fingerprint density at radius 1 is 1.27 bits per heavy atom. The number of halogens is 1. The molecule has 0 radical (unpaired) electrons. The third-order valence-corrected chi connectivity index (χ3v) is 3.06. The molecule has 0 aromatic heterocycles. The molecule has 1 aromatic rings. The Labute approximate surface area is 132 Å². The maximum atomic E-state index is 11.2. The molecule has 0 fully saturated rings. The molecule has 0 saturated carbocycles. The van der Waals surface area contributed by atoms with Crippen LogP contribution < -0.4 is 16.2 Å². The fourth-order valence-electron chi connectivity index (χ4n) is 1.59. The molecule has 0 bridgehead atoms. The van der Waals surface area contributed by atoms with E-state index < -0.39 is 16.5 Å². The zero-order valence-electron chi connectivity index (χ0n) is 11.9. The number of carbonyl (C=O) groups excluding carboxylic acids is 1. The Balaban J connectivity index is 2.65. The number of ether oxygens (including phenoxy) is 2. The van der Waals surface area contributed by atoms with Crippen LogP contribution in [0.25, 0.3) is 0 Å². The fourth-order valence-corrected chi connectivity index (χ4v) is 1.83. The number of benzene rings is 1. The van der Waals surface area contributed by atoms with E-state index in [9.17, 15) is 14.9 Å². The van der Waals surface area contributed by atoms with Gasteiger partial charge in [-0.25, -0.2) is 0 Å². The first-order valence-corrected chi connectivity index (χ1v) is 7.03. The predicted molar refractivity (Wildman–Crippen MR) is 81.2 cm³/mol. The van der Waals surface area contributed by atoms with Crippen LogP contribution in [0, 0.1) is 10.1 Å². The van der Waals surface area contributed by atoms with Crippen LogP contribution in [-0.4, -0.2) is 37.2 Å². The van der Waals surface area contributed by atoms with Crippen LogP contribution in [0.4, 0.5) is 5.69 Å². The first kappa shape index (κ1) is 18.1. The summed E-state index contributed by atoms with van der Waals surface area (Å²) in [7, 11) is 0. The highest BCUT2D eigenvalue weighted by atomic mass is 35.5. The van der Waals surface area contributed by atoms with E-state index in [2.05, 4.69) is 0 Å². The molecule has 4 N–H and O–H groups in total. The molecule has 1 rings (SSSR count). The zero-order valence-corrected chi connectivity index (χ0v) is 12.7. The molecule has 0 saturated heterocycles. The van der Waals surface area contributed by atoms with Gasteiger partial charge in [0.2, 0.25) is 5.91 Å². The Morgan fingerprint density at radius 2 is 1.95 bits per heavy atom. The van der Waals surface area contributed by atoms with Crippen LogP contribution in [-0.2, 0) is 4.74 Å². The van der Waals surface area contributed by atoms with Crippen LogP contribution in [0.15, 0.2) is 12.1 Å². The van der Waals surface area contributed by atoms with Gasteiger partial charge in [-0.3, -0.25) is 14.9 Å². The van der Waals surface area contributed by atoms with Crippen LogP contribution >= 0.6 is 11.6 Å². The summed E-state index contributed by atoms with van der Waals surface area (Å²) in [6.45, 7) is 1.84. The average Bonchev–Trinajstić information content (AvgIpc) is 2.47. The highest BCUT2D eigenvalue weighted by Crippen LogP contribution is 2.35. The van der Waals surface area contributed by atoms with E-state index in [1.807, 2.05) is 0 Å². The summed E-state index contributed by atoms with van der Waals surface area (Å²) in [6, 6.07) is 2.31. The summed E-state index contributed by atoms with van der Waals surface area (Å²) in [4.78, 5) is 21.4. The van der Waals surface area contributed by atoms with Gasteiger partial charge in [-0.15, -0.1) is 0 Å². The van der Waals surface area contributed by atoms with E-state index in [-0.39, 0.29) is 22.9 Å². The van der Waals surface area contributed by atoms with Gasteiger partial charge in [0.05, 0.1) is 11.5 Å². The lowest BCUT2D eigenvalue weighted by molar-refractivity contribution is -0.384. The van der Waals surface area contributed by atoms with Gasteiger partial charge < -0.3 is 20.9 Å². The van der Waals surface area contributed by atoms with Crippen LogP contribution in [0.1, 0.15) is 23.2 Å². The minimum absolute atomic E-state index is 0.0368. The molecule has 1 aromatic carbocycles. The third kappa shape index (κ3) is 5.47. The van der Waals surface area contributed by atoms with Crippen molar-refractivity contribution >= 4 is 23.2 Å². The van der Waals surface area contributed by atoms with Crippen molar-refractivity contribution in [3.8, 4) is 5.75 Å².